The molecule has 1 heterocycles. The Morgan fingerprint density at radius 3 is 2.45 bits per heavy atom. The molecule has 0 fully saturated rings. The Morgan fingerprint density at radius 2 is 2.09 bits per heavy atom. The van der Waals surface area contributed by atoms with Gasteiger partial charge in [-0.05, 0) is 20.8 Å². The number of nitrogens with zero attached hydrogens (tertiary/aromatic N) is 2. The van der Waals surface area contributed by atoms with E-state index in [1.165, 1.54) is 0 Å². The zero-order chi connectivity index (χ0) is 8.48. The topological polar surface area (TPSA) is 27.1 Å². The van der Waals surface area contributed by atoms with Crippen molar-refractivity contribution in [3.8, 4) is 5.88 Å². The molecule has 0 atom stereocenters. The van der Waals surface area contributed by atoms with Gasteiger partial charge in [-0.2, -0.15) is 0 Å². The molecule has 0 aromatic carbocycles. The first-order valence-electron chi connectivity index (χ1n) is 3.66. The summed E-state index contributed by atoms with van der Waals surface area (Å²) in [5.41, 5.74) is -0.158. The Hall–Kier alpha value is -0.990. The van der Waals surface area contributed by atoms with Crippen LogP contribution in [0.4, 0.5) is 0 Å². The van der Waals surface area contributed by atoms with Crippen LogP contribution >= 0.6 is 0 Å². The average Bonchev–Trinajstić information content (AvgIpc) is 2.10. The summed E-state index contributed by atoms with van der Waals surface area (Å²) in [6.45, 7) is 6.00. The highest BCUT2D eigenvalue weighted by Crippen LogP contribution is 2.13. The maximum Gasteiger partial charge on any atom is 0.233 e. The molecule has 11 heavy (non-hydrogen) atoms. The van der Waals surface area contributed by atoms with E-state index in [-0.39, 0.29) is 5.60 Å². The Balaban J connectivity index is 2.65. The summed E-state index contributed by atoms with van der Waals surface area (Å²) < 4.78 is 7.21. The van der Waals surface area contributed by atoms with Crippen molar-refractivity contribution in [3.63, 3.8) is 0 Å². The maximum absolute atomic E-state index is 5.49. The van der Waals surface area contributed by atoms with Crippen molar-refractivity contribution >= 4 is 0 Å². The van der Waals surface area contributed by atoms with Crippen molar-refractivity contribution in [2.45, 2.75) is 26.4 Å². The molecule has 0 spiro atoms. The van der Waals surface area contributed by atoms with Gasteiger partial charge in [0.1, 0.15) is 5.60 Å². The van der Waals surface area contributed by atoms with Crippen molar-refractivity contribution in [3.05, 3.63) is 12.3 Å². The third-order valence-electron chi connectivity index (χ3n) is 1.10. The lowest BCUT2D eigenvalue weighted by Crippen LogP contribution is -2.23. The molecule has 3 nitrogen and oxygen atoms in total. The molecule has 0 aliphatic rings. The highest BCUT2D eigenvalue weighted by atomic mass is 16.5. The van der Waals surface area contributed by atoms with Crippen LogP contribution in [-0.2, 0) is 7.05 Å². The van der Waals surface area contributed by atoms with Gasteiger partial charge < -0.3 is 4.74 Å². The van der Waals surface area contributed by atoms with Crippen LogP contribution in [0, 0.1) is 0 Å². The van der Waals surface area contributed by atoms with Crippen LogP contribution < -0.4 is 4.74 Å². The summed E-state index contributed by atoms with van der Waals surface area (Å²) in [6.07, 6.45) is 1.86. The molecule has 0 bridgehead atoms. The van der Waals surface area contributed by atoms with Gasteiger partial charge in [-0.1, -0.05) is 0 Å². The fraction of sp³-hybridized carbons (Fsp3) is 0.625. The van der Waals surface area contributed by atoms with Gasteiger partial charge in [0.05, 0.1) is 0 Å². The van der Waals surface area contributed by atoms with Gasteiger partial charge in [0.25, 0.3) is 0 Å². The van der Waals surface area contributed by atoms with E-state index >= 15 is 0 Å². The van der Waals surface area contributed by atoms with Crippen molar-refractivity contribution in [1.82, 2.24) is 9.78 Å². The van der Waals surface area contributed by atoms with E-state index in [2.05, 4.69) is 5.10 Å². The number of aryl methyl sites for hydroxylation is 1. The lowest BCUT2D eigenvalue weighted by Gasteiger charge is -2.18. The van der Waals surface area contributed by atoms with Crippen LogP contribution in [0.15, 0.2) is 12.3 Å². The second-order valence-corrected chi connectivity index (χ2v) is 3.54. The SMILES string of the molecule is Cn1ccc(OC(C)(C)C)n1. The maximum atomic E-state index is 5.49. The van der Waals surface area contributed by atoms with Gasteiger partial charge in [0, 0.05) is 19.3 Å². The second-order valence-electron chi connectivity index (χ2n) is 3.54. The third kappa shape index (κ3) is 2.62. The van der Waals surface area contributed by atoms with E-state index < -0.39 is 0 Å². The Bertz CT molecular complexity index is 234. The minimum atomic E-state index is -0.158. The Labute approximate surface area is 67.0 Å². The van der Waals surface area contributed by atoms with E-state index in [9.17, 15) is 0 Å². The second kappa shape index (κ2) is 2.57. The molecule has 0 aliphatic heterocycles. The van der Waals surface area contributed by atoms with Gasteiger partial charge in [-0.15, -0.1) is 5.10 Å². The third-order valence-corrected chi connectivity index (χ3v) is 1.10. The first-order chi connectivity index (χ1) is 4.97. The number of rotatable bonds is 1. The fourth-order valence-corrected chi connectivity index (χ4v) is 0.762. The van der Waals surface area contributed by atoms with Crippen molar-refractivity contribution < 1.29 is 4.74 Å². The van der Waals surface area contributed by atoms with Crippen LogP contribution in [-0.4, -0.2) is 15.4 Å². The van der Waals surface area contributed by atoms with Crippen LogP contribution in [0.3, 0.4) is 0 Å². The smallest absolute Gasteiger partial charge is 0.233 e. The normalized spacial score (nSPS) is 11.6. The zero-order valence-corrected chi connectivity index (χ0v) is 7.46. The molecule has 1 aromatic rings. The standard InChI is InChI=1S/C8H14N2O/c1-8(2,3)11-7-5-6-10(4)9-7/h5-6H,1-4H3. The number of ether oxygens (including phenoxy) is 1. The average molecular weight is 154 g/mol. The molecule has 0 unspecified atom stereocenters. The Morgan fingerprint density at radius 1 is 1.45 bits per heavy atom. The molecule has 3 heteroatoms. The van der Waals surface area contributed by atoms with Gasteiger partial charge in [0.2, 0.25) is 5.88 Å². The number of aromatic nitrogens is 2. The lowest BCUT2D eigenvalue weighted by atomic mass is 10.2. The number of hydrogen-bond donors (Lipinski definition) is 0. The van der Waals surface area contributed by atoms with Gasteiger partial charge >= 0.3 is 0 Å². The molecule has 1 rings (SSSR count). The van der Waals surface area contributed by atoms with Crippen molar-refractivity contribution in [2.24, 2.45) is 7.05 Å². The first-order valence-corrected chi connectivity index (χ1v) is 3.66. The molecule has 0 aliphatic carbocycles. The quantitative estimate of drug-likeness (QED) is 0.614. The highest BCUT2D eigenvalue weighted by Gasteiger charge is 2.12. The predicted molar refractivity (Wildman–Crippen MR) is 43.6 cm³/mol. The van der Waals surface area contributed by atoms with Gasteiger partial charge in [-0.25, -0.2) is 0 Å². The van der Waals surface area contributed by atoms with Gasteiger partial charge in [-0.3, -0.25) is 4.68 Å². The van der Waals surface area contributed by atoms with Crippen molar-refractivity contribution in [2.75, 3.05) is 0 Å². The van der Waals surface area contributed by atoms with Crippen molar-refractivity contribution in [1.29, 1.82) is 0 Å². The molecule has 0 radical (unpaired) electrons. The molecular weight excluding hydrogens is 140 g/mol. The molecule has 0 amide bonds. The zero-order valence-electron chi connectivity index (χ0n) is 7.46. The van der Waals surface area contributed by atoms with E-state index in [1.54, 1.807) is 4.68 Å². The minimum Gasteiger partial charge on any atom is -0.471 e. The Kier molecular flexibility index (Phi) is 1.89. The molecule has 62 valence electrons. The molecule has 1 aromatic heterocycles. The van der Waals surface area contributed by atoms with Crippen LogP contribution in [0.2, 0.25) is 0 Å². The summed E-state index contributed by atoms with van der Waals surface area (Å²) in [5, 5.41) is 4.09. The molecule has 0 N–H and O–H groups in total. The number of hydrogen-bond acceptors (Lipinski definition) is 2. The van der Waals surface area contributed by atoms with Crippen LogP contribution in [0.25, 0.3) is 0 Å². The van der Waals surface area contributed by atoms with E-state index in [1.807, 2.05) is 40.1 Å². The fourth-order valence-electron chi connectivity index (χ4n) is 0.762. The van der Waals surface area contributed by atoms with Crippen LogP contribution in [0.1, 0.15) is 20.8 Å². The van der Waals surface area contributed by atoms with Crippen LogP contribution in [0.5, 0.6) is 5.88 Å². The monoisotopic (exact) mass is 154 g/mol. The summed E-state index contributed by atoms with van der Waals surface area (Å²) in [7, 11) is 1.87. The minimum absolute atomic E-state index is 0.158. The summed E-state index contributed by atoms with van der Waals surface area (Å²) in [6, 6.07) is 1.85. The van der Waals surface area contributed by atoms with E-state index in [4.69, 9.17) is 4.74 Å². The van der Waals surface area contributed by atoms with Gasteiger partial charge in [0.15, 0.2) is 0 Å². The largest absolute Gasteiger partial charge is 0.471 e. The summed E-state index contributed by atoms with van der Waals surface area (Å²) >= 11 is 0. The first kappa shape index (κ1) is 8.11. The highest BCUT2D eigenvalue weighted by molar-refractivity contribution is 5.06. The molecular formula is C8H14N2O. The summed E-state index contributed by atoms with van der Waals surface area (Å²) in [4.78, 5) is 0. The summed E-state index contributed by atoms with van der Waals surface area (Å²) in [5.74, 6) is 0.681. The predicted octanol–water partition coefficient (Wildman–Crippen LogP) is 1.60. The molecule has 0 saturated heterocycles. The lowest BCUT2D eigenvalue weighted by molar-refractivity contribution is 0.123. The van der Waals surface area contributed by atoms with E-state index in [0.717, 1.165) is 0 Å². The molecule has 0 saturated carbocycles. The van der Waals surface area contributed by atoms with E-state index in [0.29, 0.717) is 5.88 Å².